The molecule has 0 saturated carbocycles. The van der Waals surface area contributed by atoms with Gasteiger partial charge in [-0.05, 0) is 42.3 Å². The number of carbonyl (C=O) groups is 1. The van der Waals surface area contributed by atoms with E-state index in [0.29, 0.717) is 17.7 Å². The molecule has 0 saturated heterocycles. The highest BCUT2D eigenvalue weighted by molar-refractivity contribution is 5.94. The molecular weight excluding hydrogens is 231 g/mol. The third kappa shape index (κ3) is 2.91. The number of carbonyl (C=O) groups excluding carboxylic acids is 1. The molecule has 2 aromatic rings. The number of pyridine rings is 1. The second-order valence-corrected chi connectivity index (χ2v) is 4.01. The lowest BCUT2D eigenvalue weighted by atomic mass is 10.1. The minimum absolute atomic E-state index is 0.220. The van der Waals surface area contributed by atoms with Gasteiger partial charge in [-0.3, -0.25) is 9.78 Å². The van der Waals surface area contributed by atoms with Crippen LogP contribution in [0.25, 0.3) is 0 Å². The summed E-state index contributed by atoms with van der Waals surface area (Å²) >= 11 is 0. The fourth-order valence-corrected chi connectivity index (χ4v) is 1.57. The van der Waals surface area contributed by atoms with E-state index < -0.39 is 0 Å². The third-order valence-electron chi connectivity index (χ3n) is 2.60. The van der Waals surface area contributed by atoms with E-state index >= 15 is 0 Å². The van der Waals surface area contributed by atoms with Crippen LogP contribution in [0, 0.1) is 12.7 Å². The van der Waals surface area contributed by atoms with Crippen molar-refractivity contribution in [2.24, 2.45) is 0 Å². The molecule has 1 heterocycles. The van der Waals surface area contributed by atoms with E-state index in [2.05, 4.69) is 10.3 Å². The van der Waals surface area contributed by atoms with Gasteiger partial charge in [-0.2, -0.15) is 0 Å². The summed E-state index contributed by atoms with van der Waals surface area (Å²) in [6, 6.07) is 8.00. The van der Waals surface area contributed by atoms with Crippen LogP contribution < -0.4 is 5.32 Å². The molecule has 0 aliphatic carbocycles. The first-order valence-corrected chi connectivity index (χ1v) is 5.60. The van der Waals surface area contributed by atoms with E-state index in [1.807, 2.05) is 12.1 Å². The quantitative estimate of drug-likeness (QED) is 0.901. The van der Waals surface area contributed by atoms with Gasteiger partial charge in [-0.1, -0.05) is 6.07 Å². The molecule has 18 heavy (non-hydrogen) atoms. The average Bonchev–Trinajstić information content (AvgIpc) is 2.40. The van der Waals surface area contributed by atoms with Crippen molar-refractivity contribution in [2.45, 2.75) is 13.5 Å². The molecular formula is C14H13FN2O. The zero-order valence-electron chi connectivity index (χ0n) is 9.98. The molecule has 1 amide bonds. The molecule has 92 valence electrons. The Bertz CT molecular complexity index is 555. The van der Waals surface area contributed by atoms with E-state index in [1.165, 1.54) is 18.2 Å². The minimum Gasteiger partial charge on any atom is -0.348 e. The first kappa shape index (κ1) is 12.2. The Balaban J connectivity index is 2.02. The van der Waals surface area contributed by atoms with Crippen molar-refractivity contribution < 1.29 is 9.18 Å². The monoisotopic (exact) mass is 244 g/mol. The minimum atomic E-state index is -0.307. The number of hydrogen-bond donors (Lipinski definition) is 1. The van der Waals surface area contributed by atoms with Crippen molar-refractivity contribution in [3.63, 3.8) is 0 Å². The second kappa shape index (κ2) is 5.40. The maximum Gasteiger partial charge on any atom is 0.251 e. The lowest BCUT2D eigenvalue weighted by Gasteiger charge is -2.06. The maximum atomic E-state index is 13.1. The lowest BCUT2D eigenvalue weighted by Crippen LogP contribution is -2.22. The molecule has 0 unspecified atom stereocenters. The van der Waals surface area contributed by atoms with Crippen molar-refractivity contribution in [2.75, 3.05) is 0 Å². The Morgan fingerprint density at radius 2 is 2.22 bits per heavy atom. The highest BCUT2D eigenvalue weighted by Crippen LogP contribution is 2.09. The summed E-state index contributed by atoms with van der Waals surface area (Å²) in [6.45, 7) is 2.04. The first-order valence-electron chi connectivity index (χ1n) is 5.60. The van der Waals surface area contributed by atoms with Crippen molar-refractivity contribution in [1.82, 2.24) is 10.3 Å². The number of aromatic nitrogens is 1. The Hall–Kier alpha value is -2.23. The van der Waals surface area contributed by atoms with E-state index in [0.717, 1.165) is 5.56 Å². The van der Waals surface area contributed by atoms with Gasteiger partial charge in [0.1, 0.15) is 5.82 Å². The molecule has 1 aromatic heterocycles. The zero-order valence-corrected chi connectivity index (χ0v) is 9.98. The van der Waals surface area contributed by atoms with Gasteiger partial charge < -0.3 is 5.32 Å². The Morgan fingerprint density at radius 3 is 2.89 bits per heavy atom. The van der Waals surface area contributed by atoms with Crippen LogP contribution in [-0.2, 0) is 6.54 Å². The standard InChI is InChI=1S/C14H13FN2O/c1-10-7-12(4-5-13(10)15)14(18)17-9-11-3-2-6-16-8-11/h2-8H,9H2,1H3,(H,17,18). The van der Waals surface area contributed by atoms with Crippen LogP contribution in [0.4, 0.5) is 4.39 Å². The fourth-order valence-electron chi connectivity index (χ4n) is 1.57. The molecule has 0 bridgehead atoms. The number of nitrogens with one attached hydrogen (secondary N) is 1. The molecule has 0 spiro atoms. The predicted molar refractivity (Wildman–Crippen MR) is 66.5 cm³/mol. The van der Waals surface area contributed by atoms with Crippen LogP contribution in [0.1, 0.15) is 21.5 Å². The highest BCUT2D eigenvalue weighted by Gasteiger charge is 2.07. The number of aryl methyl sites for hydroxylation is 1. The summed E-state index contributed by atoms with van der Waals surface area (Å²) in [6.07, 6.45) is 3.37. The number of halogens is 1. The van der Waals surface area contributed by atoms with Crippen LogP contribution in [0.5, 0.6) is 0 Å². The highest BCUT2D eigenvalue weighted by atomic mass is 19.1. The van der Waals surface area contributed by atoms with Gasteiger partial charge in [0.25, 0.3) is 5.91 Å². The first-order chi connectivity index (χ1) is 8.66. The van der Waals surface area contributed by atoms with E-state index in [9.17, 15) is 9.18 Å². The van der Waals surface area contributed by atoms with Gasteiger partial charge in [0.2, 0.25) is 0 Å². The Kier molecular flexibility index (Phi) is 3.67. The number of hydrogen-bond acceptors (Lipinski definition) is 2. The summed E-state index contributed by atoms with van der Waals surface area (Å²) in [5, 5.41) is 2.76. The largest absolute Gasteiger partial charge is 0.348 e. The van der Waals surface area contributed by atoms with E-state index in [4.69, 9.17) is 0 Å². The number of amides is 1. The Morgan fingerprint density at radius 1 is 1.39 bits per heavy atom. The molecule has 3 nitrogen and oxygen atoms in total. The van der Waals surface area contributed by atoms with Gasteiger partial charge >= 0.3 is 0 Å². The van der Waals surface area contributed by atoms with E-state index in [-0.39, 0.29) is 11.7 Å². The fraction of sp³-hybridized carbons (Fsp3) is 0.143. The number of nitrogens with zero attached hydrogens (tertiary/aromatic N) is 1. The van der Waals surface area contributed by atoms with Crippen molar-refractivity contribution in [1.29, 1.82) is 0 Å². The van der Waals surface area contributed by atoms with Crippen molar-refractivity contribution in [3.8, 4) is 0 Å². The zero-order chi connectivity index (χ0) is 13.0. The molecule has 0 fully saturated rings. The average molecular weight is 244 g/mol. The molecule has 0 radical (unpaired) electrons. The van der Waals surface area contributed by atoms with Gasteiger partial charge in [0.15, 0.2) is 0 Å². The number of benzene rings is 1. The number of rotatable bonds is 3. The Labute approximate surface area is 105 Å². The molecule has 0 atom stereocenters. The summed E-state index contributed by atoms with van der Waals surface area (Å²) in [7, 11) is 0. The van der Waals surface area contributed by atoms with Crippen LogP contribution in [0.2, 0.25) is 0 Å². The summed E-state index contributed by atoms with van der Waals surface area (Å²) in [5.74, 6) is -0.527. The lowest BCUT2D eigenvalue weighted by molar-refractivity contribution is 0.0950. The summed E-state index contributed by atoms with van der Waals surface area (Å²) in [5.41, 5.74) is 1.84. The summed E-state index contributed by atoms with van der Waals surface area (Å²) in [4.78, 5) is 15.8. The molecule has 0 aliphatic heterocycles. The normalized spacial score (nSPS) is 10.1. The molecule has 4 heteroatoms. The maximum absolute atomic E-state index is 13.1. The van der Waals surface area contributed by atoms with Gasteiger partial charge in [-0.15, -0.1) is 0 Å². The van der Waals surface area contributed by atoms with Crippen LogP contribution >= 0.6 is 0 Å². The van der Waals surface area contributed by atoms with Crippen LogP contribution in [0.15, 0.2) is 42.7 Å². The van der Waals surface area contributed by atoms with Gasteiger partial charge in [0, 0.05) is 24.5 Å². The smallest absolute Gasteiger partial charge is 0.251 e. The third-order valence-corrected chi connectivity index (χ3v) is 2.60. The molecule has 1 N–H and O–H groups in total. The van der Waals surface area contributed by atoms with Crippen LogP contribution in [0.3, 0.4) is 0 Å². The molecule has 0 aliphatic rings. The topological polar surface area (TPSA) is 42.0 Å². The SMILES string of the molecule is Cc1cc(C(=O)NCc2cccnc2)ccc1F. The molecule has 1 aromatic carbocycles. The summed E-state index contributed by atoms with van der Waals surface area (Å²) < 4.78 is 13.1. The van der Waals surface area contributed by atoms with Crippen molar-refractivity contribution in [3.05, 3.63) is 65.2 Å². The molecule has 2 rings (SSSR count). The van der Waals surface area contributed by atoms with Crippen LogP contribution in [-0.4, -0.2) is 10.9 Å². The predicted octanol–water partition coefficient (Wildman–Crippen LogP) is 2.46. The second-order valence-electron chi connectivity index (χ2n) is 4.01. The van der Waals surface area contributed by atoms with E-state index in [1.54, 1.807) is 19.3 Å². The van der Waals surface area contributed by atoms with Crippen molar-refractivity contribution >= 4 is 5.91 Å². The van der Waals surface area contributed by atoms with Gasteiger partial charge in [-0.25, -0.2) is 4.39 Å². The van der Waals surface area contributed by atoms with Gasteiger partial charge in [0.05, 0.1) is 0 Å².